The van der Waals surface area contributed by atoms with E-state index in [1.54, 1.807) is 24.3 Å². The quantitative estimate of drug-likeness (QED) is 0.569. The van der Waals surface area contributed by atoms with Crippen LogP contribution in [0.3, 0.4) is 0 Å². The molecule has 1 aromatic heterocycles. The average molecular weight is 409 g/mol. The molecule has 0 radical (unpaired) electrons. The fourth-order valence-electron chi connectivity index (χ4n) is 2.91. The molecule has 0 bridgehead atoms. The van der Waals surface area contributed by atoms with Crippen molar-refractivity contribution in [2.24, 2.45) is 0 Å². The fourth-order valence-corrected chi connectivity index (χ4v) is 3.71. The second-order valence-corrected chi connectivity index (χ2v) is 7.94. The summed E-state index contributed by atoms with van der Waals surface area (Å²) in [6, 6.07) is 13.0. The smallest absolute Gasteiger partial charge is 0.265 e. The maximum atomic E-state index is 12.5. The summed E-state index contributed by atoms with van der Waals surface area (Å²) < 4.78 is 5.98. The van der Waals surface area contributed by atoms with Crippen LogP contribution >= 0.6 is 11.3 Å². The number of carbonyl (C=O) groups excluding carboxylic acids is 2. The van der Waals surface area contributed by atoms with Gasteiger partial charge in [0.2, 0.25) is 5.91 Å². The van der Waals surface area contributed by atoms with E-state index in [2.05, 4.69) is 30.5 Å². The molecule has 2 N–H and O–H groups in total. The lowest BCUT2D eigenvalue weighted by atomic mass is 10.1. The van der Waals surface area contributed by atoms with E-state index in [1.807, 2.05) is 24.4 Å². The third-order valence-electron chi connectivity index (χ3n) is 4.50. The lowest BCUT2D eigenvalue weighted by Crippen LogP contribution is -2.10. The highest BCUT2D eigenvalue weighted by Gasteiger charge is 2.11. The Morgan fingerprint density at radius 3 is 2.28 bits per heavy atom. The van der Waals surface area contributed by atoms with Gasteiger partial charge in [0, 0.05) is 23.9 Å². The Morgan fingerprint density at radius 1 is 0.966 bits per heavy atom. The maximum Gasteiger partial charge on any atom is 0.265 e. The van der Waals surface area contributed by atoms with Gasteiger partial charge in [-0.1, -0.05) is 6.07 Å². The molecule has 150 valence electrons. The predicted octanol–water partition coefficient (Wildman–Crippen LogP) is 5.46. The van der Waals surface area contributed by atoms with Crippen LogP contribution in [0.15, 0.2) is 47.8 Å². The van der Waals surface area contributed by atoms with E-state index in [-0.39, 0.29) is 11.8 Å². The zero-order chi connectivity index (χ0) is 21.0. The highest BCUT2D eigenvalue weighted by molar-refractivity contribution is 7.12. The van der Waals surface area contributed by atoms with Gasteiger partial charge >= 0.3 is 0 Å². The largest absolute Gasteiger partial charge is 0.489 e. The molecule has 0 aliphatic heterocycles. The van der Waals surface area contributed by atoms with Crippen molar-refractivity contribution in [3.05, 3.63) is 75.0 Å². The van der Waals surface area contributed by atoms with Crippen LogP contribution in [-0.2, 0) is 11.4 Å². The van der Waals surface area contributed by atoms with Crippen molar-refractivity contribution < 1.29 is 14.3 Å². The van der Waals surface area contributed by atoms with Gasteiger partial charge in [0.15, 0.2) is 0 Å². The summed E-state index contributed by atoms with van der Waals surface area (Å²) in [6.45, 7) is 8.04. The molecular formula is C23H24N2O3S. The number of amides is 2. The van der Waals surface area contributed by atoms with Gasteiger partial charge in [-0.25, -0.2) is 0 Å². The summed E-state index contributed by atoms with van der Waals surface area (Å²) in [5.41, 5.74) is 5.81. The SMILES string of the molecule is CC(=O)Nc1ccc(NC(=O)c2cc(COc3cc(C)cc(C)c3C)cs2)cc1. The molecule has 1 heterocycles. The predicted molar refractivity (Wildman–Crippen MR) is 118 cm³/mol. The minimum Gasteiger partial charge on any atom is -0.489 e. The van der Waals surface area contributed by atoms with E-state index in [1.165, 1.54) is 23.8 Å². The number of rotatable bonds is 6. The number of thiophene rings is 1. The van der Waals surface area contributed by atoms with Crippen LogP contribution in [0.4, 0.5) is 11.4 Å². The molecule has 0 spiro atoms. The topological polar surface area (TPSA) is 67.4 Å². The van der Waals surface area contributed by atoms with Crippen LogP contribution < -0.4 is 15.4 Å². The van der Waals surface area contributed by atoms with Gasteiger partial charge in [-0.15, -0.1) is 11.3 Å². The van der Waals surface area contributed by atoms with E-state index < -0.39 is 0 Å². The number of nitrogens with one attached hydrogen (secondary N) is 2. The van der Waals surface area contributed by atoms with Crippen LogP contribution in [0.2, 0.25) is 0 Å². The number of benzene rings is 2. The van der Waals surface area contributed by atoms with Crippen molar-refractivity contribution in [1.82, 2.24) is 0 Å². The Labute approximate surface area is 174 Å². The molecule has 2 amide bonds. The summed E-state index contributed by atoms with van der Waals surface area (Å²) in [6.07, 6.45) is 0. The molecule has 29 heavy (non-hydrogen) atoms. The van der Waals surface area contributed by atoms with Gasteiger partial charge in [-0.3, -0.25) is 9.59 Å². The van der Waals surface area contributed by atoms with Crippen LogP contribution in [-0.4, -0.2) is 11.8 Å². The van der Waals surface area contributed by atoms with E-state index in [0.717, 1.165) is 22.4 Å². The molecule has 2 aromatic carbocycles. The summed E-state index contributed by atoms with van der Waals surface area (Å²) in [5, 5.41) is 7.50. The number of hydrogen-bond acceptors (Lipinski definition) is 4. The third kappa shape index (κ3) is 5.45. The molecule has 0 unspecified atom stereocenters. The summed E-state index contributed by atoms with van der Waals surface area (Å²) in [4.78, 5) is 24.2. The van der Waals surface area contributed by atoms with E-state index in [4.69, 9.17) is 4.74 Å². The summed E-state index contributed by atoms with van der Waals surface area (Å²) in [7, 11) is 0. The van der Waals surface area contributed by atoms with Crippen molar-refractivity contribution in [2.75, 3.05) is 10.6 Å². The zero-order valence-electron chi connectivity index (χ0n) is 17.0. The first kappa shape index (κ1) is 20.6. The van der Waals surface area contributed by atoms with E-state index in [9.17, 15) is 9.59 Å². The first-order valence-corrected chi connectivity index (χ1v) is 10.2. The Hall–Kier alpha value is -3.12. The molecule has 0 aliphatic rings. The molecule has 0 fully saturated rings. The molecule has 3 rings (SSSR count). The van der Waals surface area contributed by atoms with Crippen LogP contribution in [0.1, 0.15) is 38.8 Å². The van der Waals surface area contributed by atoms with Crippen LogP contribution in [0.25, 0.3) is 0 Å². The van der Waals surface area contributed by atoms with E-state index >= 15 is 0 Å². The molecular weight excluding hydrogens is 384 g/mol. The lowest BCUT2D eigenvalue weighted by molar-refractivity contribution is -0.114. The number of ether oxygens (including phenoxy) is 1. The molecule has 0 atom stereocenters. The highest BCUT2D eigenvalue weighted by Crippen LogP contribution is 2.25. The average Bonchev–Trinajstić information content (AvgIpc) is 3.14. The molecule has 0 saturated carbocycles. The summed E-state index contributed by atoms with van der Waals surface area (Å²) >= 11 is 1.39. The minimum atomic E-state index is -0.170. The number of hydrogen-bond donors (Lipinski definition) is 2. The Bertz CT molecular complexity index is 1040. The Balaban J connectivity index is 1.61. The van der Waals surface area contributed by atoms with Crippen molar-refractivity contribution in [3.63, 3.8) is 0 Å². The zero-order valence-corrected chi connectivity index (χ0v) is 17.8. The third-order valence-corrected chi connectivity index (χ3v) is 5.48. The normalized spacial score (nSPS) is 10.5. The van der Waals surface area contributed by atoms with Gasteiger partial charge < -0.3 is 15.4 Å². The first-order chi connectivity index (χ1) is 13.8. The van der Waals surface area contributed by atoms with Gasteiger partial charge in [0.25, 0.3) is 5.91 Å². The molecule has 0 aliphatic carbocycles. The Morgan fingerprint density at radius 2 is 1.62 bits per heavy atom. The van der Waals surface area contributed by atoms with Gasteiger partial charge in [-0.2, -0.15) is 0 Å². The summed E-state index contributed by atoms with van der Waals surface area (Å²) in [5.74, 6) is 0.571. The highest BCUT2D eigenvalue weighted by atomic mass is 32.1. The van der Waals surface area contributed by atoms with Crippen molar-refractivity contribution in [3.8, 4) is 5.75 Å². The van der Waals surface area contributed by atoms with Gasteiger partial charge in [0.1, 0.15) is 12.4 Å². The van der Waals surface area contributed by atoms with Crippen molar-refractivity contribution >= 4 is 34.5 Å². The molecule has 3 aromatic rings. The van der Waals surface area contributed by atoms with Gasteiger partial charge in [-0.05, 0) is 79.2 Å². The lowest BCUT2D eigenvalue weighted by Gasteiger charge is -2.11. The Kier molecular flexibility index (Phi) is 6.34. The van der Waals surface area contributed by atoms with Crippen molar-refractivity contribution in [2.45, 2.75) is 34.3 Å². The maximum absolute atomic E-state index is 12.5. The second-order valence-electron chi connectivity index (χ2n) is 7.03. The number of aryl methyl sites for hydroxylation is 2. The standard InChI is InChI=1S/C23H24N2O3S/c1-14-9-15(2)16(3)21(10-14)28-12-18-11-22(29-13-18)23(27)25-20-7-5-19(6-8-20)24-17(4)26/h5-11,13H,12H2,1-4H3,(H,24,26)(H,25,27). The van der Waals surface area contributed by atoms with E-state index in [0.29, 0.717) is 22.9 Å². The van der Waals surface area contributed by atoms with Crippen LogP contribution in [0, 0.1) is 20.8 Å². The number of carbonyl (C=O) groups is 2. The number of anilines is 2. The van der Waals surface area contributed by atoms with Crippen LogP contribution in [0.5, 0.6) is 5.75 Å². The monoisotopic (exact) mass is 408 g/mol. The first-order valence-electron chi connectivity index (χ1n) is 9.29. The van der Waals surface area contributed by atoms with Gasteiger partial charge in [0.05, 0.1) is 4.88 Å². The molecule has 6 heteroatoms. The fraction of sp³-hybridized carbons (Fsp3) is 0.217. The molecule has 0 saturated heterocycles. The minimum absolute atomic E-state index is 0.133. The van der Waals surface area contributed by atoms with Crippen molar-refractivity contribution in [1.29, 1.82) is 0 Å². The molecule has 5 nitrogen and oxygen atoms in total. The second kappa shape index (κ2) is 8.92.